The lowest BCUT2D eigenvalue weighted by Gasteiger charge is -2.01. The molecule has 0 saturated heterocycles. The Hall–Kier alpha value is -1.55. The average Bonchev–Trinajstić information content (AvgIpc) is 2.89. The fraction of sp³-hybridized carbons (Fsp3) is 0.417. The van der Waals surface area contributed by atoms with E-state index in [-0.39, 0.29) is 0 Å². The number of aromatic nitrogens is 2. The minimum absolute atomic E-state index is 0.806. The first-order valence-corrected chi connectivity index (χ1v) is 5.55. The number of hydrogen-bond donors (Lipinski definition) is 1. The van der Waals surface area contributed by atoms with Gasteiger partial charge in [-0.15, -0.1) is 0 Å². The van der Waals surface area contributed by atoms with Crippen molar-refractivity contribution in [1.82, 2.24) is 15.1 Å². The summed E-state index contributed by atoms with van der Waals surface area (Å²) in [6.07, 6.45) is 7.87. The molecule has 0 bridgehead atoms. The molecule has 16 heavy (non-hydrogen) atoms. The molecule has 0 aliphatic carbocycles. The third kappa shape index (κ3) is 3.24. The lowest BCUT2D eigenvalue weighted by Crippen LogP contribution is -2.14. The van der Waals surface area contributed by atoms with Gasteiger partial charge in [-0.2, -0.15) is 5.10 Å². The molecule has 2 heterocycles. The van der Waals surface area contributed by atoms with Gasteiger partial charge in [0.05, 0.1) is 19.0 Å². The summed E-state index contributed by atoms with van der Waals surface area (Å²) in [6, 6.07) is 3.89. The Morgan fingerprint density at radius 2 is 2.44 bits per heavy atom. The maximum absolute atomic E-state index is 5.23. The molecule has 0 saturated carbocycles. The quantitative estimate of drug-likeness (QED) is 0.752. The van der Waals surface area contributed by atoms with Gasteiger partial charge in [-0.3, -0.25) is 4.68 Å². The van der Waals surface area contributed by atoms with E-state index in [1.807, 2.05) is 30.1 Å². The van der Waals surface area contributed by atoms with Crippen molar-refractivity contribution in [3.8, 4) is 0 Å². The van der Waals surface area contributed by atoms with Crippen molar-refractivity contribution in [2.24, 2.45) is 7.05 Å². The molecule has 1 N–H and O–H groups in total. The minimum Gasteiger partial charge on any atom is -0.468 e. The van der Waals surface area contributed by atoms with Crippen molar-refractivity contribution in [3.05, 3.63) is 42.1 Å². The van der Waals surface area contributed by atoms with Gasteiger partial charge in [0.25, 0.3) is 0 Å². The van der Waals surface area contributed by atoms with Crippen LogP contribution < -0.4 is 5.32 Å². The zero-order chi connectivity index (χ0) is 11.2. The lowest BCUT2D eigenvalue weighted by atomic mass is 10.2. The molecule has 0 aliphatic heterocycles. The Labute approximate surface area is 95.3 Å². The molecular formula is C12H17N3O. The number of rotatable bonds is 6. The molecule has 86 valence electrons. The second-order valence-electron chi connectivity index (χ2n) is 3.88. The largest absolute Gasteiger partial charge is 0.468 e. The Morgan fingerprint density at radius 3 is 3.12 bits per heavy atom. The van der Waals surface area contributed by atoms with Crippen LogP contribution in [0.5, 0.6) is 0 Å². The van der Waals surface area contributed by atoms with E-state index >= 15 is 0 Å². The zero-order valence-electron chi connectivity index (χ0n) is 9.52. The topological polar surface area (TPSA) is 43.0 Å². The van der Waals surface area contributed by atoms with Gasteiger partial charge in [-0.05, 0) is 37.1 Å². The van der Waals surface area contributed by atoms with Crippen LogP contribution in [0, 0.1) is 0 Å². The average molecular weight is 219 g/mol. The van der Waals surface area contributed by atoms with Gasteiger partial charge in [0, 0.05) is 13.2 Å². The highest BCUT2D eigenvalue weighted by Crippen LogP contribution is 2.01. The second-order valence-corrected chi connectivity index (χ2v) is 3.88. The number of furan rings is 1. The highest BCUT2D eigenvalue weighted by molar-refractivity contribution is 5.03. The summed E-state index contributed by atoms with van der Waals surface area (Å²) >= 11 is 0. The van der Waals surface area contributed by atoms with Gasteiger partial charge in [0.15, 0.2) is 0 Å². The fourth-order valence-electron chi connectivity index (χ4n) is 1.64. The van der Waals surface area contributed by atoms with Crippen molar-refractivity contribution in [2.75, 3.05) is 6.54 Å². The summed E-state index contributed by atoms with van der Waals surface area (Å²) < 4.78 is 7.06. The molecule has 0 aromatic carbocycles. The van der Waals surface area contributed by atoms with Crippen molar-refractivity contribution in [3.63, 3.8) is 0 Å². The molecule has 0 atom stereocenters. The van der Waals surface area contributed by atoms with Gasteiger partial charge in [0.1, 0.15) is 5.76 Å². The van der Waals surface area contributed by atoms with Crippen LogP contribution in [-0.2, 0) is 20.0 Å². The van der Waals surface area contributed by atoms with Crippen LogP contribution in [0.25, 0.3) is 0 Å². The van der Waals surface area contributed by atoms with E-state index in [0.717, 1.165) is 31.7 Å². The first-order valence-electron chi connectivity index (χ1n) is 5.55. The van der Waals surface area contributed by atoms with E-state index in [2.05, 4.69) is 16.6 Å². The van der Waals surface area contributed by atoms with Crippen molar-refractivity contribution in [2.45, 2.75) is 19.4 Å². The van der Waals surface area contributed by atoms with Crippen LogP contribution in [0.15, 0.2) is 35.2 Å². The first kappa shape index (κ1) is 11.0. The minimum atomic E-state index is 0.806. The van der Waals surface area contributed by atoms with E-state index in [1.165, 1.54) is 5.56 Å². The van der Waals surface area contributed by atoms with Crippen LogP contribution in [0.2, 0.25) is 0 Å². The molecule has 4 nitrogen and oxygen atoms in total. The molecule has 0 aliphatic rings. The third-order valence-corrected chi connectivity index (χ3v) is 2.46. The smallest absolute Gasteiger partial charge is 0.117 e. The van der Waals surface area contributed by atoms with E-state index in [9.17, 15) is 0 Å². The second kappa shape index (κ2) is 5.51. The summed E-state index contributed by atoms with van der Waals surface area (Å²) in [5, 5.41) is 7.48. The predicted octanol–water partition coefficient (Wildman–Crippen LogP) is 1.74. The Bertz CT molecular complexity index is 406. The van der Waals surface area contributed by atoms with Gasteiger partial charge in [-0.25, -0.2) is 0 Å². The highest BCUT2D eigenvalue weighted by atomic mass is 16.3. The molecule has 2 aromatic rings. The van der Waals surface area contributed by atoms with Crippen LogP contribution in [-0.4, -0.2) is 16.3 Å². The number of aryl methyl sites for hydroxylation is 2. The van der Waals surface area contributed by atoms with Gasteiger partial charge < -0.3 is 9.73 Å². The normalized spacial score (nSPS) is 10.8. The van der Waals surface area contributed by atoms with Crippen LogP contribution >= 0.6 is 0 Å². The third-order valence-electron chi connectivity index (χ3n) is 2.46. The molecule has 2 aromatic heterocycles. The maximum atomic E-state index is 5.23. The zero-order valence-corrected chi connectivity index (χ0v) is 9.52. The summed E-state index contributed by atoms with van der Waals surface area (Å²) in [4.78, 5) is 0. The molecular weight excluding hydrogens is 202 g/mol. The van der Waals surface area contributed by atoms with E-state index < -0.39 is 0 Å². The molecule has 0 amide bonds. The van der Waals surface area contributed by atoms with Crippen molar-refractivity contribution in [1.29, 1.82) is 0 Å². The summed E-state index contributed by atoms with van der Waals surface area (Å²) in [7, 11) is 1.94. The molecule has 0 radical (unpaired) electrons. The molecule has 2 rings (SSSR count). The van der Waals surface area contributed by atoms with Crippen LogP contribution in [0.1, 0.15) is 17.7 Å². The monoisotopic (exact) mass is 219 g/mol. The maximum Gasteiger partial charge on any atom is 0.117 e. The van der Waals surface area contributed by atoms with Crippen LogP contribution in [0.4, 0.5) is 0 Å². The standard InChI is InChI=1S/C12H17N3O/c1-15-10-11(8-14-15)4-2-6-13-9-12-5-3-7-16-12/h3,5,7-8,10,13H,2,4,6,9H2,1H3. The number of nitrogens with one attached hydrogen (secondary N) is 1. The first-order chi connectivity index (χ1) is 7.84. The van der Waals surface area contributed by atoms with Gasteiger partial charge in [-0.1, -0.05) is 0 Å². The lowest BCUT2D eigenvalue weighted by molar-refractivity contribution is 0.481. The number of hydrogen-bond acceptors (Lipinski definition) is 3. The van der Waals surface area contributed by atoms with Crippen LogP contribution in [0.3, 0.4) is 0 Å². The van der Waals surface area contributed by atoms with E-state index in [0.29, 0.717) is 0 Å². The Morgan fingerprint density at radius 1 is 1.50 bits per heavy atom. The van der Waals surface area contributed by atoms with E-state index in [1.54, 1.807) is 6.26 Å². The molecule has 4 heteroatoms. The number of nitrogens with zero attached hydrogens (tertiary/aromatic N) is 2. The summed E-state index contributed by atoms with van der Waals surface area (Å²) in [6.45, 7) is 1.80. The molecule has 0 unspecified atom stereocenters. The van der Waals surface area contributed by atoms with Gasteiger partial charge >= 0.3 is 0 Å². The van der Waals surface area contributed by atoms with Crippen molar-refractivity contribution >= 4 is 0 Å². The Balaban J connectivity index is 1.59. The molecule has 0 spiro atoms. The Kier molecular flexibility index (Phi) is 3.77. The fourth-order valence-corrected chi connectivity index (χ4v) is 1.64. The predicted molar refractivity (Wildman–Crippen MR) is 61.9 cm³/mol. The highest BCUT2D eigenvalue weighted by Gasteiger charge is 1.97. The SMILES string of the molecule is Cn1cc(CCCNCc2ccco2)cn1. The van der Waals surface area contributed by atoms with E-state index in [4.69, 9.17) is 4.42 Å². The summed E-state index contributed by atoms with van der Waals surface area (Å²) in [5.41, 5.74) is 1.29. The molecule has 0 fully saturated rings. The van der Waals surface area contributed by atoms with Gasteiger partial charge in [0.2, 0.25) is 0 Å². The summed E-state index contributed by atoms with van der Waals surface area (Å²) in [5.74, 6) is 0.987. The van der Waals surface area contributed by atoms with Crippen molar-refractivity contribution < 1.29 is 4.42 Å².